The summed E-state index contributed by atoms with van der Waals surface area (Å²) in [5.41, 5.74) is -1.07. The Labute approximate surface area is 131 Å². The van der Waals surface area contributed by atoms with Crippen molar-refractivity contribution in [3.05, 3.63) is 58.4 Å². The summed E-state index contributed by atoms with van der Waals surface area (Å²) in [5, 5.41) is 19.3. The number of rotatable bonds is 5. The first-order chi connectivity index (χ1) is 10.8. The van der Waals surface area contributed by atoms with E-state index in [-0.39, 0.29) is 24.5 Å². The Balaban J connectivity index is 2.28. The largest absolute Gasteiger partial charge is 0.506 e. The van der Waals surface area contributed by atoms with Gasteiger partial charge in [0.2, 0.25) is 0 Å². The first kappa shape index (κ1) is 17.2. The molecular formula is C16H16F3NO3. The van der Waals surface area contributed by atoms with Gasteiger partial charge >= 0.3 is 6.18 Å². The van der Waals surface area contributed by atoms with Crippen LogP contribution in [0.3, 0.4) is 0 Å². The number of pyridine rings is 1. The van der Waals surface area contributed by atoms with Crippen molar-refractivity contribution >= 4 is 0 Å². The molecule has 1 aromatic heterocycles. The first-order valence-electron chi connectivity index (χ1n) is 6.85. The Morgan fingerprint density at radius 2 is 1.74 bits per heavy atom. The van der Waals surface area contributed by atoms with Gasteiger partial charge in [-0.3, -0.25) is 0 Å². The highest BCUT2D eigenvalue weighted by Crippen LogP contribution is 2.36. The number of aromatic hydroxyl groups is 1. The summed E-state index contributed by atoms with van der Waals surface area (Å²) in [4.78, 5) is 3.35. The Morgan fingerprint density at radius 3 is 2.30 bits per heavy atom. The summed E-state index contributed by atoms with van der Waals surface area (Å²) in [6.45, 7) is 0.295. The number of nitrogens with zero attached hydrogens (tertiary/aromatic N) is 1. The molecule has 4 nitrogen and oxygen atoms in total. The molecule has 2 aromatic rings. The van der Waals surface area contributed by atoms with E-state index < -0.39 is 29.8 Å². The van der Waals surface area contributed by atoms with E-state index >= 15 is 0 Å². The molecule has 0 amide bonds. The van der Waals surface area contributed by atoms with Crippen molar-refractivity contribution in [1.82, 2.24) is 4.98 Å². The molecule has 0 radical (unpaired) electrons. The van der Waals surface area contributed by atoms with Gasteiger partial charge in [0.05, 0.1) is 25.5 Å². The minimum absolute atomic E-state index is 0.0942. The van der Waals surface area contributed by atoms with Crippen LogP contribution in [0.4, 0.5) is 13.2 Å². The average Bonchev–Trinajstić information content (AvgIpc) is 2.51. The number of aliphatic hydroxyl groups is 1. The van der Waals surface area contributed by atoms with Gasteiger partial charge in [0.15, 0.2) is 5.69 Å². The van der Waals surface area contributed by atoms with Crippen LogP contribution in [0, 0.1) is 6.92 Å². The van der Waals surface area contributed by atoms with E-state index in [0.717, 1.165) is 5.56 Å². The van der Waals surface area contributed by atoms with Gasteiger partial charge in [0, 0.05) is 11.1 Å². The lowest BCUT2D eigenvalue weighted by molar-refractivity contribution is -0.142. The van der Waals surface area contributed by atoms with Gasteiger partial charge in [0.25, 0.3) is 0 Å². The molecule has 0 saturated heterocycles. The van der Waals surface area contributed by atoms with Crippen LogP contribution in [-0.4, -0.2) is 15.2 Å². The minimum Gasteiger partial charge on any atom is -0.506 e. The molecule has 1 heterocycles. The van der Waals surface area contributed by atoms with E-state index in [0.29, 0.717) is 0 Å². The second-order valence-corrected chi connectivity index (χ2v) is 4.99. The fraction of sp³-hybridized carbons (Fsp3) is 0.312. The molecule has 23 heavy (non-hydrogen) atoms. The highest BCUT2D eigenvalue weighted by atomic mass is 19.4. The van der Waals surface area contributed by atoms with Crippen molar-refractivity contribution in [1.29, 1.82) is 0 Å². The quantitative estimate of drug-likeness (QED) is 0.884. The second kappa shape index (κ2) is 6.97. The van der Waals surface area contributed by atoms with Crippen molar-refractivity contribution in [2.75, 3.05) is 0 Å². The minimum atomic E-state index is -4.72. The summed E-state index contributed by atoms with van der Waals surface area (Å²) < 4.78 is 44.4. The number of hydrogen-bond donors (Lipinski definition) is 2. The predicted molar refractivity (Wildman–Crippen MR) is 76.5 cm³/mol. The third-order valence-corrected chi connectivity index (χ3v) is 3.34. The highest BCUT2D eigenvalue weighted by Gasteiger charge is 2.37. The molecule has 0 bridgehead atoms. The van der Waals surface area contributed by atoms with Gasteiger partial charge in [-0.2, -0.15) is 13.2 Å². The van der Waals surface area contributed by atoms with Gasteiger partial charge in [-0.05, 0) is 12.5 Å². The molecule has 0 aliphatic carbocycles. The Morgan fingerprint density at radius 1 is 1.09 bits per heavy atom. The average molecular weight is 327 g/mol. The number of benzene rings is 1. The molecule has 2 rings (SSSR count). The summed E-state index contributed by atoms with van der Waals surface area (Å²) in [5.74, 6) is -0.393. The molecule has 124 valence electrons. The van der Waals surface area contributed by atoms with Crippen LogP contribution in [0.2, 0.25) is 0 Å². The van der Waals surface area contributed by atoms with Crippen LogP contribution in [-0.2, 0) is 30.7 Å². The monoisotopic (exact) mass is 327 g/mol. The molecule has 0 fully saturated rings. The number of aromatic nitrogens is 1. The fourth-order valence-electron chi connectivity index (χ4n) is 2.20. The molecular weight excluding hydrogens is 311 g/mol. The number of aryl methyl sites for hydroxylation is 1. The van der Waals surface area contributed by atoms with E-state index in [9.17, 15) is 23.4 Å². The molecule has 2 N–H and O–H groups in total. The molecule has 0 aliphatic rings. The normalized spacial score (nSPS) is 11.7. The maximum absolute atomic E-state index is 13.0. The number of alkyl halides is 3. The molecule has 0 aliphatic heterocycles. The lowest BCUT2D eigenvalue weighted by atomic mass is 10.0. The zero-order chi connectivity index (χ0) is 17.0. The van der Waals surface area contributed by atoms with E-state index in [4.69, 9.17) is 4.74 Å². The lowest BCUT2D eigenvalue weighted by Crippen LogP contribution is -2.16. The summed E-state index contributed by atoms with van der Waals surface area (Å²) in [6.07, 6.45) is -4.72. The molecule has 1 aromatic carbocycles. The van der Waals surface area contributed by atoms with Crippen LogP contribution < -0.4 is 0 Å². The number of aliphatic hydroxyl groups excluding tert-OH is 1. The van der Waals surface area contributed by atoms with Crippen LogP contribution in [0.1, 0.15) is 28.1 Å². The molecule has 7 heteroatoms. The summed E-state index contributed by atoms with van der Waals surface area (Å²) >= 11 is 0. The topological polar surface area (TPSA) is 62.6 Å². The van der Waals surface area contributed by atoms with Gasteiger partial charge < -0.3 is 14.9 Å². The first-order valence-corrected chi connectivity index (χ1v) is 6.85. The third-order valence-electron chi connectivity index (χ3n) is 3.34. The van der Waals surface area contributed by atoms with Crippen molar-refractivity contribution in [2.24, 2.45) is 0 Å². The second-order valence-electron chi connectivity index (χ2n) is 4.99. The summed E-state index contributed by atoms with van der Waals surface area (Å²) in [7, 11) is 0. The van der Waals surface area contributed by atoms with Gasteiger partial charge in [0.1, 0.15) is 5.75 Å². The van der Waals surface area contributed by atoms with Crippen LogP contribution >= 0.6 is 0 Å². The molecule has 0 saturated carbocycles. The van der Waals surface area contributed by atoms with E-state index in [1.165, 1.54) is 6.92 Å². The number of ether oxygens (including phenoxy) is 1. The molecule has 0 atom stereocenters. The van der Waals surface area contributed by atoms with Crippen LogP contribution in [0.15, 0.2) is 30.3 Å². The zero-order valence-electron chi connectivity index (χ0n) is 12.4. The van der Waals surface area contributed by atoms with E-state index in [1.54, 1.807) is 0 Å². The number of hydrogen-bond acceptors (Lipinski definition) is 4. The van der Waals surface area contributed by atoms with Crippen LogP contribution in [0.5, 0.6) is 5.75 Å². The predicted octanol–water partition coefficient (Wildman–Crippen LogP) is 3.32. The Hall–Kier alpha value is -2.12. The maximum Gasteiger partial charge on any atom is 0.433 e. The van der Waals surface area contributed by atoms with Crippen molar-refractivity contribution in [3.63, 3.8) is 0 Å². The smallest absolute Gasteiger partial charge is 0.433 e. The van der Waals surface area contributed by atoms with E-state index in [2.05, 4.69) is 4.98 Å². The maximum atomic E-state index is 13.0. The third kappa shape index (κ3) is 4.00. The van der Waals surface area contributed by atoms with Gasteiger partial charge in [-0.15, -0.1) is 0 Å². The van der Waals surface area contributed by atoms with Gasteiger partial charge in [-0.1, -0.05) is 30.3 Å². The highest BCUT2D eigenvalue weighted by molar-refractivity contribution is 5.44. The fourth-order valence-corrected chi connectivity index (χ4v) is 2.20. The van der Waals surface area contributed by atoms with Gasteiger partial charge in [-0.25, -0.2) is 4.98 Å². The molecule has 0 unspecified atom stereocenters. The van der Waals surface area contributed by atoms with Crippen molar-refractivity contribution in [3.8, 4) is 5.75 Å². The van der Waals surface area contributed by atoms with E-state index in [1.807, 2.05) is 30.3 Å². The lowest BCUT2D eigenvalue weighted by Gasteiger charge is -2.17. The number of halogens is 3. The van der Waals surface area contributed by atoms with Crippen LogP contribution in [0.25, 0.3) is 0 Å². The van der Waals surface area contributed by atoms with Crippen molar-refractivity contribution < 1.29 is 28.1 Å². The SMILES string of the molecule is Cc1nc(C(F)(F)F)c(CO)c(COCc2ccccc2)c1O. The summed E-state index contributed by atoms with van der Waals surface area (Å²) in [6, 6.07) is 9.08. The Kier molecular flexibility index (Phi) is 5.23. The molecule has 0 spiro atoms. The van der Waals surface area contributed by atoms with Crippen molar-refractivity contribution in [2.45, 2.75) is 32.9 Å². The standard InChI is InChI=1S/C16H16F3NO3/c1-10-14(22)13(9-23-8-11-5-3-2-4-6-11)12(7-21)15(20-10)16(17,18)19/h2-6,21-22H,7-9H2,1H3. The Bertz CT molecular complexity index is 673. The zero-order valence-corrected chi connectivity index (χ0v) is 12.4.